The molecular formula is C58H40N2. The number of para-hydroxylation sites is 2. The third kappa shape index (κ3) is 6.14. The number of hydrogen-bond acceptors (Lipinski definition) is 0. The molecule has 0 aliphatic carbocycles. The fraction of sp³-hybridized carbons (Fsp3) is 0. The minimum atomic E-state index is 1.12. The fourth-order valence-electron chi connectivity index (χ4n) is 9.00. The van der Waals surface area contributed by atoms with Crippen LogP contribution in [0.3, 0.4) is 0 Å². The van der Waals surface area contributed by atoms with Crippen LogP contribution in [0.25, 0.3) is 100 Å². The molecule has 0 N–H and O–H groups in total. The molecule has 2 heterocycles. The van der Waals surface area contributed by atoms with Gasteiger partial charge in [0.25, 0.3) is 0 Å². The molecule has 0 amide bonds. The summed E-state index contributed by atoms with van der Waals surface area (Å²) < 4.78 is 4.97. The Morgan fingerprint density at radius 3 is 0.783 bits per heavy atom. The van der Waals surface area contributed by atoms with Crippen LogP contribution in [0.15, 0.2) is 243 Å². The minimum Gasteiger partial charge on any atom is -0.309 e. The average Bonchev–Trinajstić information content (AvgIpc) is 3.85. The second kappa shape index (κ2) is 15.1. The van der Waals surface area contributed by atoms with Crippen molar-refractivity contribution in [1.82, 2.24) is 9.13 Å². The zero-order valence-corrected chi connectivity index (χ0v) is 33.0. The molecule has 282 valence electrons. The zero-order valence-electron chi connectivity index (χ0n) is 33.0. The molecule has 0 saturated heterocycles. The Hall–Kier alpha value is -7.94. The van der Waals surface area contributed by atoms with E-state index in [0.29, 0.717) is 0 Å². The van der Waals surface area contributed by atoms with Crippen molar-refractivity contribution in [3.63, 3.8) is 0 Å². The van der Waals surface area contributed by atoms with Gasteiger partial charge in [0.2, 0.25) is 0 Å². The smallest absolute Gasteiger partial charge is 0.0619 e. The van der Waals surface area contributed by atoms with Crippen molar-refractivity contribution in [2.24, 2.45) is 0 Å². The third-order valence-electron chi connectivity index (χ3n) is 11.7. The molecule has 2 aromatic heterocycles. The van der Waals surface area contributed by atoms with E-state index < -0.39 is 0 Å². The van der Waals surface area contributed by atoms with E-state index in [0.717, 1.165) is 33.5 Å². The summed E-state index contributed by atoms with van der Waals surface area (Å²) >= 11 is 0. The normalized spacial score (nSPS) is 11.3. The highest BCUT2D eigenvalue weighted by molar-refractivity contribution is 6.15. The lowest BCUT2D eigenvalue weighted by Gasteiger charge is -2.14. The van der Waals surface area contributed by atoms with Crippen LogP contribution in [0.1, 0.15) is 0 Å². The number of nitrogens with zero attached hydrogens (tertiary/aromatic N) is 2. The summed E-state index contributed by atoms with van der Waals surface area (Å²) in [5.41, 5.74) is 18.8. The first-order valence-corrected chi connectivity index (χ1v) is 20.6. The minimum absolute atomic E-state index is 1.12. The van der Waals surface area contributed by atoms with Gasteiger partial charge in [-0.05, 0) is 80.9 Å². The Kier molecular flexibility index (Phi) is 8.87. The lowest BCUT2D eigenvalue weighted by atomic mass is 9.95. The summed E-state index contributed by atoms with van der Waals surface area (Å²) in [6.45, 7) is 0. The highest BCUT2D eigenvalue weighted by atomic mass is 15.0. The molecule has 2 nitrogen and oxygen atoms in total. The molecule has 2 heteroatoms. The zero-order chi connectivity index (χ0) is 39.8. The summed E-state index contributed by atoms with van der Waals surface area (Å²) in [7, 11) is 0. The first-order chi connectivity index (χ1) is 29.8. The van der Waals surface area contributed by atoms with Crippen LogP contribution in [0, 0.1) is 0 Å². The topological polar surface area (TPSA) is 9.86 Å². The van der Waals surface area contributed by atoms with Crippen LogP contribution in [0.5, 0.6) is 0 Å². The van der Waals surface area contributed by atoms with E-state index in [2.05, 4.69) is 252 Å². The summed E-state index contributed by atoms with van der Waals surface area (Å²) in [5.74, 6) is 0. The SMILES string of the molecule is c1ccc(-c2ccc(-c3c(-c4ccccc4)c4cc5c(cc4n3-c3ccccc3)c(-c3ccccc3)c(-c3ccc(-c4ccccc4)cc3)n5-c3ccccc3)cc2)cc1. The Morgan fingerprint density at radius 1 is 0.217 bits per heavy atom. The van der Waals surface area contributed by atoms with Crippen LogP contribution in [-0.2, 0) is 0 Å². The predicted molar refractivity (Wildman–Crippen MR) is 253 cm³/mol. The third-order valence-corrected chi connectivity index (χ3v) is 11.7. The van der Waals surface area contributed by atoms with E-state index in [4.69, 9.17) is 0 Å². The van der Waals surface area contributed by atoms with Gasteiger partial charge in [0.05, 0.1) is 22.4 Å². The van der Waals surface area contributed by atoms with Crippen LogP contribution in [0.4, 0.5) is 0 Å². The number of hydrogen-bond donors (Lipinski definition) is 0. The van der Waals surface area contributed by atoms with Crippen molar-refractivity contribution < 1.29 is 0 Å². The molecule has 0 fully saturated rings. The van der Waals surface area contributed by atoms with Crippen LogP contribution >= 0.6 is 0 Å². The van der Waals surface area contributed by atoms with E-state index >= 15 is 0 Å². The van der Waals surface area contributed by atoms with Crippen molar-refractivity contribution in [1.29, 1.82) is 0 Å². The molecule has 0 bridgehead atoms. The molecule has 11 rings (SSSR count). The summed E-state index contributed by atoms with van der Waals surface area (Å²) in [4.78, 5) is 0. The Morgan fingerprint density at radius 2 is 0.467 bits per heavy atom. The maximum Gasteiger partial charge on any atom is 0.0619 e. The van der Waals surface area contributed by atoms with Gasteiger partial charge in [-0.2, -0.15) is 0 Å². The van der Waals surface area contributed by atoms with Crippen LogP contribution in [-0.4, -0.2) is 9.13 Å². The molecule has 0 radical (unpaired) electrons. The van der Waals surface area contributed by atoms with E-state index in [1.165, 1.54) is 66.7 Å². The lowest BCUT2D eigenvalue weighted by molar-refractivity contribution is 1.13. The number of benzene rings is 9. The molecule has 60 heavy (non-hydrogen) atoms. The second-order valence-electron chi connectivity index (χ2n) is 15.3. The van der Waals surface area contributed by atoms with Crippen molar-refractivity contribution in [3.8, 4) is 78.4 Å². The van der Waals surface area contributed by atoms with Gasteiger partial charge in [0.1, 0.15) is 0 Å². The van der Waals surface area contributed by atoms with Crippen molar-refractivity contribution >= 4 is 21.8 Å². The van der Waals surface area contributed by atoms with E-state index in [1.54, 1.807) is 0 Å². The summed E-state index contributed by atoms with van der Waals surface area (Å²) in [5, 5.41) is 2.39. The van der Waals surface area contributed by atoms with E-state index in [-0.39, 0.29) is 0 Å². The van der Waals surface area contributed by atoms with Crippen LogP contribution < -0.4 is 0 Å². The predicted octanol–water partition coefficient (Wildman–Crippen LogP) is 15.6. The molecule has 11 aromatic rings. The summed E-state index contributed by atoms with van der Waals surface area (Å²) in [6, 6.07) is 87.9. The average molecular weight is 765 g/mol. The largest absolute Gasteiger partial charge is 0.309 e. The molecule has 0 aliphatic rings. The first-order valence-electron chi connectivity index (χ1n) is 20.6. The number of aromatic nitrogens is 2. The number of rotatable bonds is 8. The Labute approximate surface area is 350 Å². The molecule has 0 spiro atoms. The molecule has 9 aromatic carbocycles. The maximum atomic E-state index is 2.48. The highest BCUT2D eigenvalue weighted by Crippen LogP contribution is 2.49. The van der Waals surface area contributed by atoms with Gasteiger partial charge in [-0.15, -0.1) is 0 Å². The lowest BCUT2D eigenvalue weighted by Crippen LogP contribution is -1.98. The number of fused-ring (bicyclic) bond motifs is 2. The van der Waals surface area contributed by atoms with Crippen molar-refractivity contribution in [2.75, 3.05) is 0 Å². The monoisotopic (exact) mass is 764 g/mol. The maximum absolute atomic E-state index is 2.48. The Balaban J connectivity index is 1.27. The van der Waals surface area contributed by atoms with Gasteiger partial charge in [-0.3, -0.25) is 0 Å². The van der Waals surface area contributed by atoms with Crippen LogP contribution in [0.2, 0.25) is 0 Å². The van der Waals surface area contributed by atoms with Crippen molar-refractivity contribution in [2.45, 2.75) is 0 Å². The van der Waals surface area contributed by atoms with E-state index in [1.807, 2.05) is 0 Å². The van der Waals surface area contributed by atoms with E-state index in [9.17, 15) is 0 Å². The standard InChI is InChI=1S/C58H40N2/c1-7-19-41(20-8-1)43-31-35-47(36-32-43)57-55(45-23-11-3-12-24-45)51-39-54-52(40-53(51)59(57)49-27-15-5-16-28-49)56(46-25-13-4-14-26-46)58(60(54)50-29-17-6-18-30-50)48-37-33-44(34-38-48)42-21-9-2-10-22-42/h1-40H. The molecule has 0 aliphatic heterocycles. The molecule has 0 unspecified atom stereocenters. The molecule has 0 saturated carbocycles. The van der Waals surface area contributed by atoms with Gasteiger partial charge >= 0.3 is 0 Å². The first kappa shape index (κ1) is 35.2. The van der Waals surface area contributed by atoms with Crippen molar-refractivity contribution in [3.05, 3.63) is 243 Å². The quantitative estimate of drug-likeness (QED) is 0.146. The van der Waals surface area contributed by atoms with Gasteiger partial charge < -0.3 is 9.13 Å². The highest BCUT2D eigenvalue weighted by Gasteiger charge is 2.27. The van der Waals surface area contributed by atoms with Gasteiger partial charge in [-0.25, -0.2) is 0 Å². The van der Waals surface area contributed by atoms with Gasteiger partial charge in [0, 0.05) is 33.3 Å². The Bertz CT molecular complexity index is 2860. The molecular weight excluding hydrogens is 725 g/mol. The second-order valence-corrected chi connectivity index (χ2v) is 15.3. The van der Waals surface area contributed by atoms with Gasteiger partial charge in [0.15, 0.2) is 0 Å². The fourth-order valence-corrected chi connectivity index (χ4v) is 9.00. The van der Waals surface area contributed by atoms with Gasteiger partial charge in [-0.1, -0.05) is 206 Å². The summed E-state index contributed by atoms with van der Waals surface area (Å²) in [6.07, 6.45) is 0. The molecule has 0 atom stereocenters.